The standard InChI is InChI=1S/C8H18N4O2/c1-5-6-12(11-7(13)10-9)14-8(2,3)4/h5H,1,6,9H2,2-4H3,(H2,10,11,13). The van der Waals surface area contributed by atoms with Crippen LogP contribution < -0.4 is 16.7 Å². The number of rotatable bonds is 4. The first-order valence-corrected chi connectivity index (χ1v) is 4.24. The van der Waals surface area contributed by atoms with E-state index in [4.69, 9.17) is 10.7 Å². The number of hydrogen-bond donors (Lipinski definition) is 3. The normalized spacial score (nSPS) is 11.2. The number of urea groups is 1. The van der Waals surface area contributed by atoms with Gasteiger partial charge in [-0.15, -0.1) is 6.58 Å². The minimum atomic E-state index is -0.545. The summed E-state index contributed by atoms with van der Waals surface area (Å²) in [5, 5.41) is 1.26. The molecule has 0 spiro atoms. The monoisotopic (exact) mass is 202 g/mol. The molecule has 0 radical (unpaired) electrons. The Morgan fingerprint density at radius 2 is 2.21 bits per heavy atom. The molecular formula is C8H18N4O2. The molecule has 0 aromatic heterocycles. The second-order valence-corrected chi connectivity index (χ2v) is 3.64. The average Bonchev–Trinajstić information content (AvgIpc) is 2.01. The van der Waals surface area contributed by atoms with Crippen LogP contribution in [0.2, 0.25) is 0 Å². The van der Waals surface area contributed by atoms with Crippen molar-refractivity contribution in [3.63, 3.8) is 0 Å². The van der Waals surface area contributed by atoms with E-state index in [-0.39, 0.29) is 0 Å². The van der Waals surface area contributed by atoms with Crippen molar-refractivity contribution in [3.05, 3.63) is 12.7 Å². The van der Waals surface area contributed by atoms with E-state index >= 15 is 0 Å². The third-order valence-corrected chi connectivity index (χ3v) is 1.04. The van der Waals surface area contributed by atoms with E-state index in [2.05, 4.69) is 12.0 Å². The molecule has 6 heteroatoms. The minimum Gasteiger partial charge on any atom is -0.275 e. The van der Waals surface area contributed by atoms with E-state index in [1.807, 2.05) is 26.2 Å². The number of hydrazine groups is 2. The third-order valence-electron chi connectivity index (χ3n) is 1.04. The molecule has 2 amide bonds. The topological polar surface area (TPSA) is 79.6 Å². The van der Waals surface area contributed by atoms with Crippen molar-refractivity contribution in [2.24, 2.45) is 5.84 Å². The molecule has 0 unspecified atom stereocenters. The van der Waals surface area contributed by atoms with Gasteiger partial charge >= 0.3 is 6.03 Å². The molecule has 0 heterocycles. The van der Waals surface area contributed by atoms with Gasteiger partial charge in [0.2, 0.25) is 0 Å². The summed E-state index contributed by atoms with van der Waals surface area (Å²) in [5.74, 6) is 4.91. The summed E-state index contributed by atoms with van der Waals surface area (Å²) in [5.41, 5.74) is 3.92. The van der Waals surface area contributed by atoms with E-state index in [0.29, 0.717) is 6.54 Å². The number of amides is 2. The lowest BCUT2D eigenvalue weighted by molar-refractivity contribution is -0.243. The van der Waals surface area contributed by atoms with Crippen LogP contribution in [0.5, 0.6) is 0 Å². The Balaban J connectivity index is 4.15. The van der Waals surface area contributed by atoms with Crippen LogP contribution in [0.15, 0.2) is 12.7 Å². The summed E-state index contributed by atoms with van der Waals surface area (Å²) in [7, 11) is 0. The second-order valence-electron chi connectivity index (χ2n) is 3.64. The van der Waals surface area contributed by atoms with Crippen LogP contribution in [0.4, 0.5) is 4.79 Å². The lowest BCUT2D eigenvalue weighted by atomic mass is 10.2. The Hall–Kier alpha value is -1.11. The van der Waals surface area contributed by atoms with E-state index < -0.39 is 11.6 Å². The largest absolute Gasteiger partial charge is 0.345 e. The van der Waals surface area contributed by atoms with Gasteiger partial charge in [0, 0.05) is 0 Å². The van der Waals surface area contributed by atoms with Crippen LogP contribution in [-0.2, 0) is 4.84 Å². The van der Waals surface area contributed by atoms with E-state index in [0.717, 1.165) is 0 Å². The van der Waals surface area contributed by atoms with Gasteiger partial charge in [0.05, 0.1) is 12.1 Å². The van der Waals surface area contributed by atoms with Crippen molar-refractivity contribution in [2.45, 2.75) is 26.4 Å². The van der Waals surface area contributed by atoms with Crippen LogP contribution in [0.3, 0.4) is 0 Å². The van der Waals surface area contributed by atoms with Gasteiger partial charge in [-0.2, -0.15) is 0 Å². The lowest BCUT2D eigenvalue weighted by Gasteiger charge is -2.28. The molecule has 0 aliphatic carbocycles. The highest BCUT2D eigenvalue weighted by molar-refractivity contribution is 5.72. The summed E-state index contributed by atoms with van der Waals surface area (Å²) in [6.45, 7) is 9.50. The van der Waals surface area contributed by atoms with Crippen molar-refractivity contribution in [2.75, 3.05) is 6.54 Å². The summed E-state index contributed by atoms with van der Waals surface area (Å²) in [6, 6.07) is -0.545. The molecule has 0 atom stereocenters. The number of nitrogens with two attached hydrogens (primary N) is 1. The van der Waals surface area contributed by atoms with E-state index in [1.165, 1.54) is 5.17 Å². The molecule has 4 N–H and O–H groups in total. The van der Waals surface area contributed by atoms with Gasteiger partial charge in [-0.25, -0.2) is 16.1 Å². The zero-order valence-corrected chi connectivity index (χ0v) is 8.83. The molecule has 0 saturated heterocycles. The molecule has 0 aromatic rings. The Morgan fingerprint density at radius 1 is 1.64 bits per heavy atom. The van der Waals surface area contributed by atoms with Crippen LogP contribution in [0, 0.1) is 0 Å². The Labute approximate surface area is 84.0 Å². The molecule has 0 fully saturated rings. The number of carbonyl (C=O) groups is 1. The first-order chi connectivity index (χ1) is 6.39. The van der Waals surface area contributed by atoms with Crippen molar-refractivity contribution in [1.82, 2.24) is 16.0 Å². The lowest BCUT2D eigenvalue weighted by Crippen LogP contribution is -2.51. The highest BCUT2D eigenvalue weighted by Crippen LogP contribution is 2.08. The van der Waals surface area contributed by atoms with Crippen LogP contribution >= 0.6 is 0 Å². The molecule has 82 valence electrons. The van der Waals surface area contributed by atoms with Crippen molar-refractivity contribution in [1.29, 1.82) is 0 Å². The molecule has 0 rings (SSSR count). The van der Waals surface area contributed by atoms with Crippen LogP contribution in [-0.4, -0.2) is 23.3 Å². The van der Waals surface area contributed by atoms with Crippen LogP contribution in [0.25, 0.3) is 0 Å². The first kappa shape index (κ1) is 12.9. The van der Waals surface area contributed by atoms with Gasteiger partial charge in [-0.05, 0) is 20.8 Å². The molecule has 14 heavy (non-hydrogen) atoms. The molecule has 0 aliphatic rings. The second kappa shape index (κ2) is 5.58. The SMILES string of the molecule is C=CCN(NC(=O)NN)OC(C)(C)C. The predicted molar refractivity (Wildman–Crippen MR) is 53.6 cm³/mol. The maximum atomic E-state index is 10.9. The molecule has 0 saturated carbocycles. The first-order valence-electron chi connectivity index (χ1n) is 4.24. The van der Waals surface area contributed by atoms with Gasteiger partial charge in [0.15, 0.2) is 0 Å². The maximum absolute atomic E-state index is 10.9. The summed E-state index contributed by atoms with van der Waals surface area (Å²) < 4.78 is 0. The average molecular weight is 202 g/mol. The number of carbonyl (C=O) groups excluding carboxylic acids is 1. The Kier molecular flexibility index (Phi) is 5.14. The highest BCUT2D eigenvalue weighted by atomic mass is 16.7. The van der Waals surface area contributed by atoms with Gasteiger partial charge in [0.1, 0.15) is 0 Å². The highest BCUT2D eigenvalue weighted by Gasteiger charge is 2.17. The van der Waals surface area contributed by atoms with Crippen LogP contribution in [0.1, 0.15) is 20.8 Å². The smallest absolute Gasteiger partial charge is 0.275 e. The van der Waals surface area contributed by atoms with Gasteiger partial charge in [-0.3, -0.25) is 10.3 Å². The van der Waals surface area contributed by atoms with Gasteiger partial charge in [-0.1, -0.05) is 11.2 Å². The van der Waals surface area contributed by atoms with Gasteiger partial charge < -0.3 is 0 Å². The number of hydrogen-bond acceptors (Lipinski definition) is 4. The minimum absolute atomic E-state index is 0.366. The summed E-state index contributed by atoms with van der Waals surface area (Å²) in [6.07, 6.45) is 1.60. The summed E-state index contributed by atoms with van der Waals surface area (Å²) >= 11 is 0. The van der Waals surface area contributed by atoms with Crippen molar-refractivity contribution in [3.8, 4) is 0 Å². The third kappa shape index (κ3) is 6.41. The number of nitrogens with zero attached hydrogens (tertiary/aromatic N) is 1. The zero-order valence-electron chi connectivity index (χ0n) is 8.83. The fourth-order valence-electron chi connectivity index (χ4n) is 0.699. The summed E-state index contributed by atoms with van der Waals surface area (Å²) in [4.78, 5) is 16.3. The Bertz CT molecular complexity index is 200. The van der Waals surface area contributed by atoms with Crippen molar-refractivity contribution >= 4 is 6.03 Å². The van der Waals surface area contributed by atoms with E-state index in [9.17, 15) is 4.79 Å². The van der Waals surface area contributed by atoms with Crippen molar-refractivity contribution < 1.29 is 9.63 Å². The molecule has 0 aliphatic heterocycles. The molecule has 0 bridgehead atoms. The Morgan fingerprint density at radius 3 is 2.57 bits per heavy atom. The fraction of sp³-hybridized carbons (Fsp3) is 0.625. The number of hydroxylamine groups is 1. The number of nitrogens with one attached hydrogen (secondary N) is 2. The van der Waals surface area contributed by atoms with E-state index in [1.54, 1.807) is 6.08 Å². The molecule has 6 nitrogen and oxygen atoms in total. The maximum Gasteiger partial charge on any atom is 0.345 e. The molecular weight excluding hydrogens is 184 g/mol. The quantitative estimate of drug-likeness (QED) is 0.265. The molecule has 0 aromatic carbocycles. The zero-order chi connectivity index (χ0) is 11.2. The predicted octanol–water partition coefficient (Wildman–Crippen LogP) is 0.292. The van der Waals surface area contributed by atoms with Gasteiger partial charge in [0.25, 0.3) is 0 Å². The fourth-order valence-corrected chi connectivity index (χ4v) is 0.699.